The van der Waals surface area contributed by atoms with Gasteiger partial charge in [-0.15, -0.1) is 11.3 Å². The normalized spacial score (nSPS) is 13.9. The highest BCUT2D eigenvalue weighted by atomic mass is 32.1. The minimum absolute atomic E-state index is 0.265. The number of carbonyl (C=O) groups excluding carboxylic acids is 3. The first-order valence-electron chi connectivity index (χ1n) is 9.80. The minimum Gasteiger partial charge on any atom is -0.462 e. The van der Waals surface area contributed by atoms with Gasteiger partial charge in [0.25, 0.3) is 5.91 Å². The van der Waals surface area contributed by atoms with Gasteiger partial charge in [0.15, 0.2) is 6.10 Å². The second-order valence-electron chi connectivity index (χ2n) is 7.04. The Morgan fingerprint density at radius 1 is 1.17 bits per heavy atom. The second kappa shape index (κ2) is 9.22. The Bertz CT molecular complexity index is 933. The monoisotopic (exact) mass is 415 g/mol. The first-order valence-corrected chi connectivity index (χ1v) is 10.6. The molecule has 0 radical (unpaired) electrons. The van der Waals surface area contributed by atoms with Crippen LogP contribution in [0.2, 0.25) is 0 Å². The number of benzene rings is 1. The first-order chi connectivity index (χ1) is 13.9. The van der Waals surface area contributed by atoms with Crippen LogP contribution in [0.4, 0.5) is 5.00 Å². The van der Waals surface area contributed by atoms with Crippen LogP contribution in [-0.2, 0) is 27.1 Å². The molecule has 0 saturated heterocycles. The van der Waals surface area contributed by atoms with Crippen LogP contribution in [-0.4, -0.2) is 30.6 Å². The molecule has 0 saturated carbocycles. The van der Waals surface area contributed by atoms with Gasteiger partial charge in [-0.2, -0.15) is 0 Å². The number of aryl methyl sites for hydroxylation is 2. The fourth-order valence-corrected chi connectivity index (χ4v) is 4.62. The van der Waals surface area contributed by atoms with Crippen LogP contribution < -0.4 is 5.32 Å². The largest absolute Gasteiger partial charge is 0.462 e. The molecule has 29 heavy (non-hydrogen) atoms. The molecule has 0 aliphatic heterocycles. The average Bonchev–Trinajstić information content (AvgIpc) is 3.05. The van der Waals surface area contributed by atoms with E-state index in [9.17, 15) is 14.4 Å². The molecule has 6 nitrogen and oxygen atoms in total. The molecule has 1 amide bonds. The maximum Gasteiger partial charge on any atom is 0.341 e. The maximum atomic E-state index is 12.7. The number of ether oxygens (including phenoxy) is 2. The molecule has 1 heterocycles. The fourth-order valence-electron chi connectivity index (χ4n) is 3.34. The molecular weight excluding hydrogens is 390 g/mol. The van der Waals surface area contributed by atoms with Gasteiger partial charge in [-0.25, -0.2) is 9.59 Å². The summed E-state index contributed by atoms with van der Waals surface area (Å²) in [5.74, 6) is -1.46. The molecule has 0 spiro atoms. The number of thiophene rings is 1. The van der Waals surface area contributed by atoms with Gasteiger partial charge in [-0.1, -0.05) is 17.7 Å². The number of esters is 2. The van der Waals surface area contributed by atoms with E-state index in [-0.39, 0.29) is 6.61 Å². The quantitative estimate of drug-likeness (QED) is 0.712. The molecule has 0 bridgehead atoms. The Hall–Kier alpha value is -2.67. The summed E-state index contributed by atoms with van der Waals surface area (Å²) in [6, 6.07) is 6.99. The number of nitrogens with one attached hydrogen (secondary N) is 1. The molecule has 2 aromatic rings. The standard InChI is InChI=1S/C22H25NO5S/c1-4-27-22(26)18-16-10-5-6-11-17(16)29-20(18)23-19(24)14(3)28-21(25)15-9-7-8-13(2)12-15/h7-9,12,14H,4-6,10-11H2,1-3H3,(H,23,24)/t14-/m1/s1. The number of anilines is 1. The van der Waals surface area contributed by atoms with E-state index in [2.05, 4.69) is 5.32 Å². The third-order valence-corrected chi connectivity index (χ3v) is 6.00. The van der Waals surface area contributed by atoms with Crippen molar-refractivity contribution in [3.8, 4) is 0 Å². The molecule has 1 aliphatic carbocycles. The van der Waals surface area contributed by atoms with Crippen molar-refractivity contribution >= 4 is 34.2 Å². The molecule has 3 rings (SSSR count). The van der Waals surface area contributed by atoms with Crippen molar-refractivity contribution in [1.29, 1.82) is 0 Å². The van der Waals surface area contributed by atoms with E-state index in [0.29, 0.717) is 16.1 Å². The molecule has 0 unspecified atom stereocenters. The summed E-state index contributed by atoms with van der Waals surface area (Å²) in [4.78, 5) is 38.6. The van der Waals surface area contributed by atoms with E-state index < -0.39 is 23.9 Å². The summed E-state index contributed by atoms with van der Waals surface area (Å²) in [7, 11) is 0. The van der Waals surface area contributed by atoms with Crippen LogP contribution in [0, 0.1) is 6.92 Å². The van der Waals surface area contributed by atoms with Crippen LogP contribution in [0.15, 0.2) is 24.3 Å². The lowest BCUT2D eigenvalue weighted by molar-refractivity contribution is -0.123. The first kappa shape index (κ1) is 21.0. The summed E-state index contributed by atoms with van der Waals surface area (Å²) in [5.41, 5.74) is 2.74. The molecule has 1 aliphatic rings. The van der Waals surface area contributed by atoms with Gasteiger partial charge in [-0.05, 0) is 64.2 Å². The van der Waals surface area contributed by atoms with Crippen molar-refractivity contribution in [2.45, 2.75) is 52.6 Å². The van der Waals surface area contributed by atoms with E-state index in [1.54, 1.807) is 25.1 Å². The minimum atomic E-state index is -1.00. The van der Waals surface area contributed by atoms with Gasteiger partial charge in [0, 0.05) is 4.88 Å². The van der Waals surface area contributed by atoms with Crippen LogP contribution in [0.1, 0.15) is 63.4 Å². The SMILES string of the molecule is CCOC(=O)c1c(NC(=O)[C@@H](C)OC(=O)c2cccc(C)c2)sc2c1CCCC2. The van der Waals surface area contributed by atoms with Crippen molar-refractivity contribution < 1.29 is 23.9 Å². The zero-order chi connectivity index (χ0) is 21.0. The predicted octanol–water partition coefficient (Wildman–Crippen LogP) is 4.30. The van der Waals surface area contributed by atoms with E-state index >= 15 is 0 Å². The van der Waals surface area contributed by atoms with Crippen LogP contribution in [0.5, 0.6) is 0 Å². The van der Waals surface area contributed by atoms with Crippen LogP contribution in [0.25, 0.3) is 0 Å². The lowest BCUT2D eigenvalue weighted by Gasteiger charge is -2.14. The van der Waals surface area contributed by atoms with Gasteiger partial charge in [-0.3, -0.25) is 4.79 Å². The molecule has 1 N–H and O–H groups in total. The summed E-state index contributed by atoms with van der Waals surface area (Å²) < 4.78 is 10.5. The summed E-state index contributed by atoms with van der Waals surface area (Å²) >= 11 is 1.41. The van der Waals surface area contributed by atoms with E-state index in [0.717, 1.165) is 41.7 Å². The predicted molar refractivity (Wildman–Crippen MR) is 112 cm³/mol. The molecule has 7 heteroatoms. The molecule has 1 atom stereocenters. The molecule has 154 valence electrons. The van der Waals surface area contributed by atoms with E-state index in [1.807, 2.05) is 13.0 Å². The van der Waals surface area contributed by atoms with Crippen molar-refractivity contribution in [2.24, 2.45) is 0 Å². The van der Waals surface area contributed by atoms with Crippen molar-refractivity contribution in [3.63, 3.8) is 0 Å². The van der Waals surface area contributed by atoms with Gasteiger partial charge in [0.2, 0.25) is 0 Å². The highest BCUT2D eigenvalue weighted by Gasteiger charge is 2.29. The van der Waals surface area contributed by atoms with Crippen molar-refractivity contribution in [1.82, 2.24) is 0 Å². The highest BCUT2D eigenvalue weighted by molar-refractivity contribution is 7.17. The molecule has 1 aromatic carbocycles. The average molecular weight is 416 g/mol. The fraction of sp³-hybridized carbons (Fsp3) is 0.409. The van der Waals surface area contributed by atoms with Gasteiger partial charge in [0.1, 0.15) is 5.00 Å². The van der Waals surface area contributed by atoms with Gasteiger partial charge >= 0.3 is 11.9 Å². The van der Waals surface area contributed by atoms with Gasteiger partial charge in [0.05, 0.1) is 17.7 Å². The zero-order valence-electron chi connectivity index (χ0n) is 16.9. The molecular formula is C22H25NO5S. The summed E-state index contributed by atoms with van der Waals surface area (Å²) in [6.07, 6.45) is 2.76. The Kier molecular flexibility index (Phi) is 6.69. The second-order valence-corrected chi connectivity index (χ2v) is 8.15. The number of amides is 1. The summed E-state index contributed by atoms with van der Waals surface area (Å²) in [6.45, 7) is 5.41. The Labute approximate surface area is 174 Å². The number of fused-ring (bicyclic) bond motifs is 1. The third-order valence-electron chi connectivity index (χ3n) is 4.79. The number of hydrogen-bond donors (Lipinski definition) is 1. The maximum absolute atomic E-state index is 12.7. The number of carbonyl (C=O) groups is 3. The third kappa shape index (κ3) is 4.85. The van der Waals surface area contributed by atoms with Crippen LogP contribution in [0.3, 0.4) is 0 Å². The lowest BCUT2D eigenvalue weighted by atomic mass is 9.95. The Balaban J connectivity index is 1.75. The van der Waals surface area contributed by atoms with E-state index in [1.165, 1.54) is 18.3 Å². The smallest absolute Gasteiger partial charge is 0.341 e. The number of hydrogen-bond acceptors (Lipinski definition) is 6. The van der Waals surface area contributed by atoms with Crippen molar-refractivity contribution in [3.05, 3.63) is 51.4 Å². The Morgan fingerprint density at radius 3 is 2.66 bits per heavy atom. The highest BCUT2D eigenvalue weighted by Crippen LogP contribution is 2.38. The van der Waals surface area contributed by atoms with E-state index in [4.69, 9.17) is 9.47 Å². The Morgan fingerprint density at radius 2 is 1.93 bits per heavy atom. The van der Waals surface area contributed by atoms with Crippen LogP contribution >= 0.6 is 11.3 Å². The number of rotatable bonds is 6. The van der Waals surface area contributed by atoms with Crippen molar-refractivity contribution in [2.75, 3.05) is 11.9 Å². The lowest BCUT2D eigenvalue weighted by Crippen LogP contribution is -2.30. The molecule has 0 fully saturated rings. The topological polar surface area (TPSA) is 81.7 Å². The zero-order valence-corrected chi connectivity index (χ0v) is 17.7. The summed E-state index contributed by atoms with van der Waals surface area (Å²) in [5, 5.41) is 3.25. The molecule has 1 aromatic heterocycles. The van der Waals surface area contributed by atoms with Gasteiger partial charge < -0.3 is 14.8 Å².